The third kappa shape index (κ3) is 3.72. The summed E-state index contributed by atoms with van der Waals surface area (Å²) >= 11 is 1.06. The third-order valence-corrected chi connectivity index (χ3v) is 7.17. The summed E-state index contributed by atoms with van der Waals surface area (Å²) in [5, 5.41) is 1.21. The summed E-state index contributed by atoms with van der Waals surface area (Å²) < 4.78 is 45.9. The summed E-state index contributed by atoms with van der Waals surface area (Å²) in [6.07, 6.45) is -4.54. The van der Waals surface area contributed by atoms with E-state index in [2.05, 4.69) is 0 Å². The van der Waals surface area contributed by atoms with Crippen LogP contribution in [0, 0.1) is 0 Å². The summed E-state index contributed by atoms with van der Waals surface area (Å²) in [6.45, 7) is 0.292. The van der Waals surface area contributed by atoms with Crippen LogP contribution in [0.2, 0.25) is 0 Å². The number of carbonyl (C=O) groups is 2. The van der Waals surface area contributed by atoms with Crippen molar-refractivity contribution in [3.63, 3.8) is 0 Å². The molecule has 10 heteroatoms. The van der Waals surface area contributed by atoms with Crippen molar-refractivity contribution in [1.82, 2.24) is 9.96 Å². The first-order valence-corrected chi connectivity index (χ1v) is 11.3. The molecule has 1 aromatic heterocycles. The molecule has 2 bridgehead atoms. The van der Waals surface area contributed by atoms with E-state index in [1.807, 2.05) is 30.3 Å². The largest absolute Gasteiger partial charge is 0.467 e. The second-order valence-electron chi connectivity index (χ2n) is 7.93. The molecule has 34 heavy (non-hydrogen) atoms. The van der Waals surface area contributed by atoms with Gasteiger partial charge in [0.2, 0.25) is 0 Å². The lowest BCUT2D eigenvalue weighted by molar-refractivity contribution is -0.146. The molecule has 0 aliphatic carbocycles. The van der Waals surface area contributed by atoms with E-state index in [9.17, 15) is 22.8 Å². The van der Waals surface area contributed by atoms with E-state index >= 15 is 0 Å². The second-order valence-corrected chi connectivity index (χ2v) is 9.02. The first-order chi connectivity index (χ1) is 16.3. The van der Waals surface area contributed by atoms with Crippen LogP contribution in [0.5, 0.6) is 0 Å². The van der Waals surface area contributed by atoms with E-state index in [1.54, 1.807) is 6.07 Å². The number of methoxy groups -OCH3 is 1. The van der Waals surface area contributed by atoms with Crippen LogP contribution in [-0.2, 0) is 27.2 Å². The normalized spacial score (nSPS) is 19.4. The fraction of sp³-hybridized carbons (Fsp3) is 0.250. The molecule has 3 heterocycles. The Hall–Kier alpha value is -3.37. The second kappa shape index (κ2) is 8.44. The van der Waals surface area contributed by atoms with Gasteiger partial charge < -0.3 is 9.64 Å². The molecule has 2 aliphatic rings. The van der Waals surface area contributed by atoms with Crippen LogP contribution >= 0.6 is 11.3 Å². The number of fused-ring (bicyclic) bond motifs is 4. The average molecular weight is 488 g/mol. The van der Waals surface area contributed by atoms with E-state index in [4.69, 9.17) is 9.57 Å². The number of urea groups is 1. The molecule has 2 atom stereocenters. The van der Waals surface area contributed by atoms with E-state index in [1.165, 1.54) is 35.3 Å². The molecular formula is C24H19F3N2O4S. The van der Waals surface area contributed by atoms with Crippen LogP contribution in [0.1, 0.15) is 33.7 Å². The zero-order valence-electron chi connectivity index (χ0n) is 17.9. The molecule has 1 fully saturated rings. The Morgan fingerprint density at radius 3 is 2.53 bits per heavy atom. The van der Waals surface area contributed by atoms with Crippen molar-refractivity contribution in [2.24, 2.45) is 0 Å². The molecule has 0 spiro atoms. The van der Waals surface area contributed by atoms with Crippen molar-refractivity contribution in [3.05, 3.63) is 82.2 Å². The number of hydroxylamine groups is 2. The highest BCUT2D eigenvalue weighted by atomic mass is 32.1. The number of nitrogens with zero attached hydrogens (tertiary/aromatic N) is 2. The van der Waals surface area contributed by atoms with Gasteiger partial charge in [-0.25, -0.2) is 9.59 Å². The van der Waals surface area contributed by atoms with Gasteiger partial charge in [-0.1, -0.05) is 48.5 Å². The maximum absolute atomic E-state index is 13.7. The number of halogens is 3. The molecule has 3 aromatic rings. The number of hydrogen-bond acceptors (Lipinski definition) is 5. The first kappa shape index (κ1) is 22.4. The van der Waals surface area contributed by atoms with Crippen LogP contribution in [0.4, 0.5) is 18.0 Å². The summed E-state index contributed by atoms with van der Waals surface area (Å²) in [6, 6.07) is 14.1. The number of amides is 2. The number of thiophene rings is 1. The number of rotatable bonds is 5. The first-order valence-electron chi connectivity index (χ1n) is 10.4. The minimum Gasteiger partial charge on any atom is -0.467 e. The molecule has 0 N–H and O–H groups in total. The van der Waals surface area contributed by atoms with Gasteiger partial charge in [0.05, 0.1) is 19.2 Å². The molecule has 5 rings (SSSR count). The van der Waals surface area contributed by atoms with Crippen molar-refractivity contribution < 1.29 is 32.3 Å². The van der Waals surface area contributed by atoms with Gasteiger partial charge in [0.1, 0.15) is 12.6 Å². The Balaban J connectivity index is 1.56. The third-order valence-electron chi connectivity index (χ3n) is 5.93. The highest BCUT2D eigenvalue weighted by Crippen LogP contribution is 2.51. The molecule has 0 unspecified atom stereocenters. The van der Waals surface area contributed by atoms with Gasteiger partial charge in [-0.05, 0) is 23.3 Å². The molecule has 0 radical (unpaired) electrons. The number of esters is 1. The molecule has 2 aromatic carbocycles. The fourth-order valence-electron chi connectivity index (χ4n) is 4.36. The Morgan fingerprint density at radius 2 is 1.82 bits per heavy atom. The van der Waals surface area contributed by atoms with E-state index in [0.29, 0.717) is 15.3 Å². The van der Waals surface area contributed by atoms with Crippen molar-refractivity contribution in [1.29, 1.82) is 0 Å². The summed E-state index contributed by atoms with van der Waals surface area (Å²) in [5.41, 5.74) is 0.693. The summed E-state index contributed by atoms with van der Waals surface area (Å²) in [7, 11) is 1.21. The minimum atomic E-state index is -4.54. The van der Waals surface area contributed by atoms with Crippen molar-refractivity contribution >= 4 is 23.3 Å². The van der Waals surface area contributed by atoms with Crippen molar-refractivity contribution in [2.75, 3.05) is 13.7 Å². The highest BCUT2D eigenvalue weighted by molar-refractivity contribution is 7.16. The Bertz CT molecular complexity index is 1240. The maximum atomic E-state index is 13.7. The molecule has 2 aliphatic heterocycles. The van der Waals surface area contributed by atoms with Crippen LogP contribution in [0.3, 0.4) is 0 Å². The van der Waals surface area contributed by atoms with Crippen LogP contribution in [-0.4, -0.2) is 35.6 Å². The lowest BCUT2D eigenvalue weighted by Gasteiger charge is -2.28. The minimum absolute atomic E-state index is 0.0203. The Kier molecular flexibility index (Phi) is 5.57. The van der Waals surface area contributed by atoms with E-state index in [0.717, 1.165) is 23.0 Å². The lowest BCUT2D eigenvalue weighted by atomic mass is 9.97. The standard InChI is InChI=1S/C24H19F3N2O4S/c1-32-22(30)20-21-16(11-19(34-21)15-9-5-6-10-17(15)24(25,26)27)18-12-28(20)23(31)29(18)33-13-14-7-3-2-4-8-14/h2-11,18,20H,12-13H2,1H3/t18-,20-/m0/s1. The van der Waals surface area contributed by atoms with Crippen LogP contribution in [0.25, 0.3) is 10.4 Å². The number of alkyl halides is 3. The molecule has 1 saturated heterocycles. The highest BCUT2D eigenvalue weighted by Gasteiger charge is 2.52. The molecular weight excluding hydrogens is 469 g/mol. The topological polar surface area (TPSA) is 59.1 Å². The fourth-order valence-corrected chi connectivity index (χ4v) is 5.72. The molecule has 2 amide bonds. The van der Waals surface area contributed by atoms with Crippen molar-refractivity contribution in [2.45, 2.75) is 24.9 Å². The van der Waals surface area contributed by atoms with Gasteiger partial charge in [-0.15, -0.1) is 11.3 Å². The zero-order chi connectivity index (χ0) is 24.0. The zero-order valence-corrected chi connectivity index (χ0v) is 18.7. The van der Waals surface area contributed by atoms with Crippen LogP contribution in [0.15, 0.2) is 60.7 Å². The number of carbonyl (C=O) groups excluding carboxylic acids is 2. The van der Waals surface area contributed by atoms with Gasteiger partial charge in [-0.2, -0.15) is 18.2 Å². The van der Waals surface area contributed by atoms with Gasteiger partial charge in [-0.3, -0.25) is 4.84 Å². The van der Waals surface area contributed by atoms with E-state index < -0.39 is 35.8 Å². The quantitative estimate of drug-likeness (QED) is 0.441. The Labute approximate surface area is 197 Å². The number of hydrogen-bond donors (Lipinski definition) is 0. The number of benzene rings is 2. The van der Waals surface area contributed by atoms with Crippen LogP contribution < -0.4 is 0 Å². The smallest absolute Gasteiger partial charge is 0.417 e. The SMILES string of the molecule is COC(=O)[C@@H]1c2sc(-c3ccccc3C(F)(F)F)cc2[C@@H]2CN1C(=O)N2OCc1ccccc1. The lowest BCUT2D eigenvalue weighted by Crippen LogP contribution is -2.38. The molecule has 176 valence electrons. The predicted molar refractivity (Wildman–Crippen MR) is 117 cm³/mol. The van der Waals surface area contributed by atoms with E-state index in [-0.39, 0.29) is 18.7 Å². The monoisotopic (exact) mass is 488 g/mol. The summed E-state index contributed by atoms with van der Waals surface area (Å²) in [5.74, 6) is -0.657. The average Bonchev–Trinajstić information content (AvgIpc) is 3.39. The molecule has 6 nitrogen and oxygen atoms in total. The van der Waals surface area contributed by atoms with Gasteiger partial charge in [0.15, 0.2) is 6.04 Å². The predicted octanol–water partition coefficient (Wildman–Crippen LogP) is 5.57. The van der Waals surface area contributed by atoms with Gasteiger partial charge in [0, 0.05) is 15.3 Å². The maximum Gasteiger partial charge on any atom is 0.417 e. The number of ether oxygens (including phenoxy) is 1. The molecule has 0 saturated carbocycles. The van der Waals surface area contributed by atoms with Gasteiger partial charge in [0.25, 0.3) is 0 Å². The van der Waals surface area contributed by atoms with Gasteiger partial charge >= 0.3 is 18.2 Å². The Morgan fingerprint density at radius 1 is 1.12 bits per heavy atom. The summed E-state index contributed by atoms with van der Waals surface area (Å²) in [4.78, 5) is 33.8. The van der Waals surface area contributed by atoms with Crippen molar-refractivity contribution in [3.8, 4) is 10.4 Å².